The summed E-state index contributed by atoms with van der Waals surface area (Å²) >= 11 is 1.77. The summed E-state index contributed by atoms with van der Waals surface area (Å²) in [5.74, 6) is 1.87. The smallest absolute Gasteiger partial charge is 0.238 e. The van der Waals surface area contributed by atoms with Gasteiger partial charge in [-0.25, -0.2) is 0 Å². The Kier molecular flexibility index (Phi) is 3.88. The molecule has 2 rings (SSSR count). The first-order chi connectivity index (χ1) is 7.27. The second-order valence-electron chi connectivity index (χ2n) is 4.12. The summed E-state index contributed by atoms with van der Waals surface area (Å²) in [6.45, 7) is 2.86. The van der Waals surface area contributed by atoms with Crippen LogP contribution in [-0.4, -0.2) is 42.3 Å². The summed E-state index contributed by atoms with van der Waals surface area (Å²) in [4.78, 5) is 11.8. The molecule has 0 saturated carbocycles. The molecule has 0 aromatic heterocycles. The topological polar surface area (TPSA) is 50.4 Å². The van der Waals surface area contributed by atoms with Crippen molar-refractivity contribution in [1.29, 1.82) is 0 Å². The van der Waals surface area contributed by atoms with Gasteiger partial charge >= 0.3 is 0 Å². The van der Waals surface area contributed by atoms with Crippen molar-refractivity contribution in [3.8, 4) is 0 Å². The number of hydrogen-bond donors (Lipinski definition) is 2. The van der Waals surface area contributed by atoms with Gasteiger partial charge in [0.2, 0.25) is 5.91 Å². The minimum atomic E-state index is -0.0150. The number of rotatable bonds is 3. The van der Waals surface area contributed by atoms with Gasteiger partial charge in [0.1, 0.15) is 0 Å². The summed E-state index contributed by atoms with van der Waals surface area (Å²) in [5.41, 5.74) is 0. The van der Waals surface area contributed by atoms with Crippen LogP contribution in [0.2, 0.25) is 0 Å². The van der Waals surface area contributed by atoms with Crippen molar-refractivity contribution in [3.05, 3.63) is 0 Å². The lowest BCUT2D eigenvalue weighted by molar-refractivity contribution is -0.123. The molecule has 0 radical (unpaired) electrons. The van der Waals surface area contributed by atoms with Crippen LogP contribution >= 0.6 is 11.8 Å². The predicted octanol–water partition coefficient (Wildman–Crippen LogP) is 0.333. The normalized spacial score (nSPS) is 32.9. The first-order valence-corrected chi connectivity index (χ1v) is 6.66. The van der Waals surface area contributed by atoms with Crippen LogP contribution in [0.4, 0.5) is 0 Å². The average molecular weight is 230 g/mol. The van der Waals surface area contributed by atoms with Crippen molar-refractivity contribution in [1.82, 2.24) is 10.6 Å². The SMILES string of the molecule is CC(NC(=O)[C@H]1CSCN1)C1CCCO1. The molecule has 5 heteroatoms. The number of ether oxygens (including phenoxy) is 1. The molecule has 2 unspecified atom stereocenters. The first kappa shape index (κ1) is 11.2. The fourth-order valence-electron chi connectivity index (χ4n) is 1.98. The van der Waals surface area contributed by atoms with E-state index in [-0.39, 0.29) is 24.1 Å². The highest BCUT2D eigenvalue weighted by atomic mass is 32.2. The highest BCUT2D eigenvalue weighted by Gasteiger charge is 2.28. The monoisotopic (exact) mass is 230 g/mol. The van der Waals surface area contributed by atoms with E-state index >= 15 is 0 Å². The van der Waals surface area contributed by atoms with Gasteiger partial charge in [-0.2, -0.15) is 0 Å². The average Bonchev–Trinajstić information content (AvgIpc) is 2.91. The van der Waals surface area contributed by atoms with E-state index in [1.807, 2.05) is 6.92 Å². The summed E-state index contributed by atoms with van der Waals surface area (Å²) in [5, 5.41) is 6.19. The quantitative estimate of drug-likeness (QED) is 0.734. The minimum absolute atomic E-state index is 0.0150. The summed E-state index contributed by atoms with van der Waals surface area (Å²) < 4.78 is 5.54. The summed E-state index contributed by atoms with van der Waals surface area (Å²) in [6, 6.07) is 0.117. The number of nitrogens with one attached hydrogen (secondary N) is 2. The van der Waals surface area contributed by atoms with Gasteiger partial charge in [0, 0.05) is 18.2 Å². The van der Waals surface area contributed by atoms with Crippen LogP contribution in [0.25, 0.3) is 0 Å². The van der Waals surface area contributed by atoms with Crippen molar-refractivity contribution in [3.63, 3.8) is 0 Å². The Balaban J connectivity index is 1.77. The number of thioether (sulfide) groups is 1. The van der Waals surface area contributed by atoms with Crippen molar-refractivity contribution >= 4 is 17.7 Å². The fourth-order valence-corrected chi connectivity index (χ4v) is 2.92. The molecule has 2 fully saturated rings. The van der Waals surface area contributed by atoms with Crippen LogP contribution in [0.5, 0.6) is 0 Å². The maximum absolute atomic E-state index is 11.8. The molecular weight excluding hydrogens is 212 g/mol. The van der Waals surface area contributed by atoms with Gasteiger partial charge in [-0.3, -0.25) is 10.1 Å². The molecule has 2 aliphatic rings. The van der Waals surface area contributed by atoms with Crippen LogP contribution in [0.3, 0.4) is 0 Å². The van der Waals surface area contributed by atoms with Gasteiger partial charge in [-0.15, -0.1) is 11.8 Å². The van der Waals surface area contributed by atoms with Crippen LogP contribution in [0.15, 0.2) is 0 Å². The van der Waals surface area contributed by atoms with E-state index in [1.54, 1.807) is 11.8 Å². The van der Waals surface area contributed by atoms with Crippen molar-refractivity contribution in [2.45, 2.75) is 38.0 Å². The Morgan fingerprint density at radius 2 is 2.53 bits per heavy atom. The summed E-state index contributed by atoms with van der Waals surface area (Å²) in [6.07, 6.45) is 2.39. The van der Waals surface area contributed by atoms with Crippen LogP contribution in [-0.2, 0) is 9.53 Å². The van der Waals surface area contributed by atoms with Gasteiger partial charge < -0.3 is 10.1 Å². The number of carbonyl (C=O) groups is 1. The van der Waals surface area contributed by atoms with Crippen molar-refractivity contribution in [2.24, 2.45) is 0 Å². The van der Waals surface area contributed by atoms with Crippen molar-refractivity contribution in [2.75, 3.05) is 18.2 Å². The standard InChI is InChI=1S/C10H18N2O2S/c1-7(9-3-2-4-14-9)12-10(13)8-5-15-6-11-8/h7-9,11H,2-6H2,1H3,(H,12,13)/t7?,8-,9?/m1/s1. The van der Waals surface area contributed by atoms with E-state index < -0.39 is 0 Å². The lowest BCUT2D eigenvalue weighted by Gasteiger charge is -2.21. The molecule has 0 spiro atoms. The Hall–Kier alpha value is -0.260. The molecule has 2 aliphatic heterocycles. The molecule has 0 bridgehead atoms. The second kappa shape index (κ2) is 5.18. The molecule has 0 aromatic carbocycles. The number of amides is 1. The van der Waals surface area contributed by atoms with E-state index in [9.17, 15) is 4.79 Å². The second-order valence-corrected chi connectivity index (χ2v) is 5.15. The summed E-state index contributed by atoms with van der Waals surface area (Å²) in [7, 11) is 0. The van der Waals surface area contributed by atoms with E-state index in [0.29, 0.717) is 0 Å². The molecule has 2 N–H and O–H groups in total. The zero-order valence-corrected chi connectivity index (χ0v) is 9.81. The minimum Gasteiger partial charge on any atom is -0.376 e. The zero-order valence-electron chi connectivity index (χ0n) is 8.99. The molecule has 15 heavy (non-hydrogen) atoms. The Bertz CT molecular complexity index is 225. The largest absolute Gasteiger partial charge is 0.376 e. The van der Waals surface area contributed by atoms with Gasteiger partial charge in [0.25, 0.3) is 0 Å². The van der Waals surface area contributed by atoms with Crippen LogP contribution < -0.4 is 10.6 Å². The molecule has 0 aliphatic carbocycles. The highest BCUT2D eigenvalue weighted by molar-refractivity contribution is 7.99. The molecule has 3 atom stereocenters. The Morgan fingerprint density at radius 3 is 3.13 bits per heavy atom. The Labute approximate surface area is 94.5 Å². The van der Waals surface area contributed by atoms with E-state index in [0.717, 1.165) is 31.1 Å². The highest BCUT2D eigenvalue weighted by Crippen LogP contribution is 2.16. The lowest BCUT2D eigenvalue weighted by Crippen LogP contribution is -2.49. The third kappa shape index (κ3) is 2.86. The first-order valence-electron chi connectivity index (χ1n) is 5.50. The number of hydrogen-bond acceptors (Lipinski definition) is 4. The maximum Gasteiger partial charge on any atom is 0.238 e. The predicted molar refractivity (Wildman–Crippen MR) is 60.8 cm³/mol. The fraction of sp³-hybridized carbons (Fsp3) is 0.900. The third-order valence-corrected chi connectivity index (χ3v) is 3.87. The number of carbonyl (C=O) groups excluding carboxylic acids is 1. The maximum atomic E-state index is 11.8. The van der Waals surface area contributed by atoms with Gasteiger partial charge in [-0.1, -0.05) is 0 Å². The third-order valence-electron chi connectivity index (χ3n) is 2.93. The molecule has 86 valence electrons. The molecule has 2 saturated heterocycles. The molecular formula is C10H18N2O2S. The molecule has 2 heterocycles. The lowest BCUT2D eigenvalue weighted by atomic mass is 10.1. The Morgan fingerprint density at radius 1 is 1.67 bits per heavy atom. The van der Waals surface area contributed by atoms with Gasteiger partial charge in [-0.05, 0) is 19.8 Å². The molecule has 0 aromatic rings. The molecule has 1 amide bonds. The van der Waals surface area contributed by atoms with E-state index in [2.05, 4.69) is 10.6 Å². The van der Waals surface area contributed by atoms with Gasteiger partial charge in [0.05, 0.1) is 18.2 Å². The zero-order chi connectivity index (χ0) is 10.7. The van der Waals surface area contributed by atoms with Crippen molar-refractivity contribution < 1.29 is 9.53 Å². The molecule has 4 nitrogen and oxygen atoms in total. The van der Waals surface area contributed by atoms with E-state index in [1.165, 1.54) is 0 Å². The van der Waals surface area contributed by atoms with E-state index in [4.69, 9.17) is 4.74 Å². The van der Waals surface area contributed by atoms with Crippen LogP contribution in [0.1, 0.15) is 19.8 Å². The van der Waals surface area contributed by atoms with Gasteiger partial charge in [0.15, 0.2) is 0 Å². The van der Waals surface area contributed by atoms with Crippen LogP contribution in [0, 0.1) is 0 Å².